The van der Waals surface area contributed by atoms with E-state index in [0.717, 1.165) is 6.42 Å². The molecule has 0 amide bonds. The van der Waals surface area contributed by atoms with E-state index < -0.39 is 0 Å². The molecule has 0 aromatic carbocycles. The Bertz CT molecular complexity index is 128. The van der Waals surface area contributed by atoms with Crippen molar-refractivity contribution >= 4 is 5.97 Å². The summed E-state index contributed by atoms with van der Waals surface area (Å²) in [6.07, 6.45) is 1.07. The first-order valence-electron chi connectivity index (χ1n) is 4.40. The Morgan fingerprint density at radius 3 is 2.42 bits per heavy atom. The molecule has 0 bridgehead atoms. The number of carbonyl (C=O) groups excluding carboxylic acids is 1. The summed E-state index contributed by atoms with van der Waals surface area (Å²) >= 11 is 0. The van der Waals surface area contributed by atoms with Gasteiger partial charge in [-0.2, -0.15) is 0 Å². The van der Waals surface area contributed by atoms with E-state index in [2.05, 4.69) is 0 Å². The standard InChI is InChI=1S/C9H18O3/c1-4-8(6-10)5-9(11)12-7(2)3/h7-8,10H,4-6H2,1-3H3. The van der Waals surface area contributed by atoms with Crippen molar-refractivity contribution in [2.24, 2.45) is 5.92 Å². The van der Waals surface area contributed by atoms with Gasteiger partial charge in [0.25, 0.3) is 0 Å². The van der Waals surface area contributed by atoms with Gasteiger partial charge in [-0.1, -0.05) is 13.3 Å². The number of aliphatic hydroxyl groups excluding tert-OH is 1. The van der Waals surface area contributed by atoms with E-state index in [0.29, 0.717) is 6.42 Å². The van der Waals surface area contributed by atoms with Gasteiger partial charge in [0.05, 0.1) is 12.5 Å². The number of aliphatic hydroxyl groups is 1. The first-order valence-corrected chi connectivity index (χ1v) is 4.40. The van der Waals surface area contributed by atoms with Crippen LogP contribution in [-0.4, -0.2) is 23.8 Å². The molecule has 1 N–H and O–H groups in total. The molecule has 0 radical (unpaired) electrons. The van der Waals surface area contributed by atoms with Crippen LogP contribution in [0, 0.1) is 5.92 Å². The number of rotatable bonds is 5. The molecule has 0 aromatic rings. The molecule has 0 saturated carbocycles. The zero-order chi connectivity index (χ0) is 9.56. The highest BCUT2D eigenvalue weighted by molar-refractivity contribution is 5.69. The van der Waals surface area contributed by atoms with Gasteiger partial charge >= 0.3 is 5.97 Å². The first kappa shape index (κ1) is 11.4. The minimum absolute atomic E-state index is 0.0521. The molecular formula is C9H18O3. The third-order valence-corrected chi connectivity index (χ3v) is 1.66. The predicted octanol–water partition coefficient (Wildman–Crippen LogP) is 1.35. The third kappa shape index (κ3) is 5.13. The van der Waals surface area contributed by atoms with Crippen molar-refractivity contribution in [1.82, 2.24) is 0 Å². The third-order valence-electron chi connectivity index (χ3n) is 1.66. The Labute approximate surface area is 73.7 Å². The van der Waals surface area contributed by atoms with Crippen LogP contribution in [0.5, 0.6) is 0 Å². The molecule has 72 valence electrons. The fraction of sp³-hybridized carbons (Fsp3) is 0.889. The lowest BCUT2D eigenvalue weighted by atomic mass is 10.0. The Hall–Kier alpha value is -0.570. The molecule has 1 atom stereocenters. The van der Waals surface area contributed by atoms with E-state index in [9.17, 15) is 4.79 Å². The summed E-state index contributed by atoms with van der Waals surface area (Å²) < 4.78 is 4.93. The van der Waals surface area contributed by atoms with Crippen LogP contribution < -0.4 is 0 Å². The summed E-state index contributed by atoms with van der Waals surface area (Å²) in [4.78, 5) is 11.0. The predicted molar refractivity (Wildman–Crippen MR) is 46.7 cm³/mol. The summed E-state index contributed by atoms with van der Waals surface area (Å²) in [6.45, 7) is 5.64. The van der Waals surface area contributed by atoms with Gasteiger partial charge in [-0.15, -0.1) is 0 Å². The molecule has 0 heterocycles. The number of ether oxygens (including phenoxy) is 1. The van der Waals surface area contributed by atoms with E-state index in [-0.39, 0.29) is 24.6 Å². The smallest absolute Gasteiger partial charge is 0.306 e. The second kappa shape index (κ2) is 6.00. The molecular weight excluding hydrogens is 156 g/mol. The maximum atomic E-state index is 11.0. The van der Waals surface area contributed by atoms with Crippen molar-refractivity contribution in [2.45, 2.75) is 39.7 Å². The summed E-state index contributed by atoms with van der Waals surface area (Å²) in [5, 5.41) is 8.80. The van der Waals surface area contributed by atoms with Crippen molar-refractivity contribution < 1.29 is 14.6 Å². The minimum atomic E-state index is -0.217. The Balaban J connectivity index is 3.66. The summed E-state index contributed by atoms with van der Waals surface area (Å²) in [5.74, 6) is -0.165. The molecule has 3 heteroatoms. The van der Waals surface area contributed by atoms with Gasteiger partial charge in [-0.3, -0.25) is 4.79 Å². The van der Waals surface area contributed by atoms with E-state index >= 15 is 0 Å². The van der Waals surface area contributed by atoms with Crippen molar-refractivity contribution in [3.63, 3.8) is 0 Å². The molecule has 0 spiro atoms. The van der Waals surface area contributed by atoms with Gasteiger partial charge in [0.1, 0.15) is 0 Å². The van der Waals surface area contributed by atoms with Crippen LogP contribution in [0.4, 0.5) is 0 Å². The van der Waals surface area contributed by atoms with E-state index in [4.69, 9.17) is 9.84 Å². The van der Waals surface area contributed by atoms with Crippen LogP contribution >= 0.6 is 0 Å². The number of esters is 1. The van der Waals surface area contributed by atoms with Crippen LogP contribution in [0.2, 0.25) is 0 Å². The van der Waals surface area contributed by atoms with Crippen LogP contribution in [0.1, 0.15) is 33.6 Å². The van der Waals surface area contributed by atoms with E-state index in [1.807, 2.05) is 20.8 Å². The van der Waals surface area contributed by atoms with Crippen LogP contribution in [-0.2, 0) is 9.53 Å². The second-order valence-electron chi connectivity index (χ2n) is 3.20. The summed E-state index contributed by atoms with van der Waals surface area (Å²) in [5.41, 5.74) is 0. The van der Waals surface area contributed by atoms with Gasteiger partial charge < -0.3 is 9.84 Å². The highest BCUT2D eigenvalue weighted by Gasteiger charge is 2.12. The Kier molecular flexibility index (Phi) is 5.72. The quantitative estimate of drug-likeness (QED) is 0.640. The van der Waals surface area contributed by atoms with Crippen LogP contribution in [0.3, 0.4) is 0 Å². The van der Waals surface area contributed by atoms with E-state index in [1.54, 1.807) is 0 Å². The highest BCUT2D eigenvalue weighted by Crippen LogP contribution is 2.08. The van der Waals surface area contributed by atoms with Crippen molar-refractivity contribution in [2.75, 3.05) is 6.61 Å². The molecule has 0 saturated heterocycles. The van der Waals surface area contributed by atoms with Gasteiger partial charge in [0.15, 0.2) is 0 Å². The topological polar surface area (TPSA) is 46.5 Å². The highest BCUT2D eigenvalue weighted by atomic mass is 16.5. The number of carbonyl (C=O) groups is 1. The molecule has 0 rings (SSSR count). The Morgan fingerprint density at radius 2 is 2.08 bits per heavy atom. The average Bonchev–Trinajstić information content (AvgIpc) is 1.98. The SMILES string of the molecule is CCC(CO)CC(=O)OC(C)C. The fourth-order valence-electron chi connectivity index (χ4n) is 0.885. The normalized spacial score (nSPS) is 13.1. The maximum absolute atomic E-state index is 11.0. The molecule has 0 aromatic heterocycles. The number of hydrogen-bond acceptors (Lipinski definition) is 3. The number of hydrogen-bond donors (Lipinski definition) is 1. The fourth-order valence-corrected chi connectivity index (χ4v) is 0.885. The van der Waals surface area contributed by atoms with Crippen molar-refractivity contribution in [3.05, 3.63) is 0 Å². The van der Waals surface area contributed by atoms with Crippen molar-refractivity contribution in [1.29, 1.82) is 0 Å². The lowest BCUT2D eigenvalue weighted by molar-refractivity contribution is -0.148. The molecule has 3 nitrogen and oxygen atoms in total. The van der Waals surface area contributed by atoms with E-state index in [1.165, 1.54) is 0 Å². The zero-order valence-electron chi connectivity index (χ0n) is 8.04. The Morgan fingerprint density at radius 1 is 1.50 bits per heavy atom. The second-order valence-corrected chi connectivity index (χ2v) is 3.20. The molecule has 0 aliphatic heterocycles. The van der Waals surface area contributed by atoms with Crippen LogP contribution in [0.15, 0.2) is 0 Å². The molecule has 12 heavy (non-hydrogen) atoms. The molecule has 0 aliphatic rings. The lowest BCUT2D eigenvalue weighted by Gasteiger charge is -2.12. The first-order chi connectivity index (χ1) is 5.60. The summed E-state index contributed by atoms with van der Waals surface area (Å²) in [6, 6.07) is 0. The average molecular weight is 174 g/mol. The zero-order valence-corrected chi connectivity index (χ0v) is 8.04. The van der Waals surface area contributed by atoms with Gasteiger partial charge in [-0.05, 0) is 19.8 Å². The molecule has 0 fully saturated rings. The van der Waals surface area contributed by atoms with Crippen molar-refractivity contribution in [3.8, 4) is 0 Å². The monoisotopic (exact) mass is 174 g/mol. The van der Waals surface area contributed by atoms with Crippen LogP contribution in [0.25, 0.3) is 0 Å². The van der Waals surface area contributed by atoms with Gasteiger partial charge in [-0.25, -0.2) is 0 Å². The lowest BCUT2D eigenvalue weighted by Crippen LogP contribution is -2.17. The minimum Gasteiger partial charge on any atom is -0.463 e. The molecule has 0 aliphatic carbocycles. The van der Waals surface area contributed by atoms with Gasteiger partial charge in [0, 0.05) is 6.61 Å². The largest absolute Gasteiger partial charge is 0.463 e. The maximum Gasteiger partial charge on any atom is 0.306 e. The van der Waals surface area contributed by atoms with Gasteiger partial charge in [0.2, 0.25) is 0 Å². The summed E-state index contributed by atoms with van der Waals surface area (Å²) in [7, 11) is 0. The molecule has 1 unspecified atom stereocenters.